The topological polar surface area (TPSA) is 61.4 Å². The first kappa shape index (κ1) is 20.3. The summed E-state index contributed by atoms with van der Waals surface area (Å²) < 4.78 is 4.26. The first-order valence-corrected chi connectivity index (χ1v) is 11.7. The van der Waals surface area contributed by atoms with Crippen LogP contribution in [0, 0.1) is 0 Å². The quantitative estimate of drug-likeness (QED) is 0.299. The van der Waals surface area contributed by atoms with E-state index >= 15 is 0 Å². The number of nitrogens with zero attached hydrogens (tertiary/aromatic N) is 6. The molecular weight excluding hydrogens is 444 g/mol. The molecule has 0 amide bonds. The van der Waals surface area contributed by atoms with Crippen LogP contribution < -0.4 is 0 Å². The molecule has 6 nitrogen and oxygen atoms in total. The zero-order valence-electron chi connectivity index (χ0n) is 19.2. The predicted molar refractivity (Wildman–Crippen MR) is 142 cm³/mol. The van der Waals surface area contributed by atoms with Crippen LogP contribution in [0.3, 0.4) is 0 Å². The van der Waals surface area contributed by atoms with Crippen molar-refractivity contribution in [2.45, 2.75) is 0 Å². The van der Waals surface area contributed by atoms with Gasteiger partial charge in [-0.1, -0.05) is 66.7 Å². The second-order valence-electron chi connectivity index (χ2n) is 8.53. The standard InChI is InChI=1S/C30H20N6/c1-2-8-21(9-3-1)29-33-34-30(22-16-18-31-19-17-22)36(29)28-15-14-23(20-32-28)35-26-12-6-4-10-24(26)25-11-5-7-13-27(25)35/h1-20H. The average molecular weight is 465 g/mol. The first-order valence-electron chi connectivity index (χ1n) is 11.7. The third-order valence-corrected chi connectivity index (χ3v) is 6.43. The van der Waals surface area contributed by atoms with Crippen LogP contribution in [-0.4, -0.2) is 29.3 Å². The molecule has 0 saturated carbocycles. The maximum absolute atomic E-state index is 4.91. The van der Waals surface area contributed by atoms with Crippen molar-refractivity contribution >= 4 is 21.8 Å². The van der Waals surface area contributed by atoms with Crippen LogP contribution in [0.5, 0.6) is 0 Å². The summed E-state index contributed by atoms with van der Waals surface area (Å²) in [7, 11) is 0. The van der Waals surface area contributed by atoms with Crippen molar-refractivity contribution in [3.05, 3.63) is 122 Å². The molecule has 0 saturated heterocycles. The van der Waals surface area contributed by atoms with Gasteiger partial charge in [0, 0.05) is 34.3 Å². The summed E-state index contributed by atoms with van der Waals surface area (Å²) in [4.78, 5) is 9.06. The number of pyridine rings is 2. The molecule has 0 unspecified atom stereocenters. The summed E-state index contributed by atoms with van der Waals surface area (Å²) >= 11 is 0. The number of fused-ring (bicyclic) bond motifs is 3. The molecule has 0 aliphatic carbocycles. The van der Waals surface area contributed by atoms with Crippen LogP contribution in [0.1, 0.15) is 0 Å². The Balaban J connectivity index is 1.41. The van der Waals surface area contributed by atoms with Gasteiger partial charge in [-0.15, -0.1) is 10.2 Å². The second-order valence-corrected chi connectivity index (χ2v) is 8.53. The largest absolute Gasteiger partial charge is 0.308 e. The van der Waals surface area contributed by atoms with E-state index in [1.807, 2.05) is 59.3 Å². The number of para-hydroxylation sites is 2. The van der Waals surface area contributed by atoms with Crippen molar-refractivity contribution in [1.29, 1.82) is 0 Å². The Morgan fingerprint density at radius 2 is 1.08 bits per heavy atom. The van der Waals surface area contributed by atoms with Gasteiger partial charge in [-0.2, -0.15) is 0 Å². The fraction of sp³-hybridized carbons (Fsp3) is 0. The van der Waals surface area contributed by atoms with Crippen LogP contribution in [0.25, 0.3) is 56.1 Å². The molecule has 0 aliphatic heterocycles. The van der Waals surface area contributed by atoms with Crippen LogP contribution in [-0.2, 0) is 0 Å². The molecular formula is C30H20N6. The van der Waals surface area contributed by atoms with Crippen molar-refractivity contribution in [3.8, 4) is 34.3 Å². The maximum atomic E-state index is 4.91. The van der Waals surface area contributed by atoms with E-state index in [1.165, 1.54) is 10.8 Å². The van der Waals surface area contributed by atoms with E-state index in [4.69, 9.17) is 4.98 Å². The van der Waals surface area contributed by atoms with E-state index in [0.29, 0.717) is 5.82 Å². The average Bonchev–Trinajstić information content (AvgIpc) is 3.54. The van der Waals surface area contributed by atoms with Gasteiger partial charge in [0.1, 0.15) is 5.82 Å². The van der Waals surface area contributed by atoms with Crippen molar-refractivity contribution < 1.29 is 0 Å². The van der Waals surface area contributed by atoms with Crippen molar-refractivity contribution in [2.24, 2.45) is 0 Å². The lowest BCUT2D eigenvalue weighted by Gasteiger charge is -2.12. The summed E-state index contributed by atoms with van der Waals surface area (Å²) in [6, 6.07) is 35.0. The van der Waals surface area contributed by atoms with Gasteiger partial charge in [-0.05, 0) is 36.4 Å². The van der Waals surface area contributed by atoms with E-state index in [-0.39, 0.29) is 0 Å². The van der Waals surface area contributed by atoms with Crippen molar-refractivity contribution in [2.75, 3.05) is 0 Å². The minimum absolute atomic E-state index is 0.716. The summed E-state index contributed by atoms with van der Waals surface area (Å²) in [5, 5.41) is 11.5. The zero-order valence-corrected chi connectivity index (χ0v) is 19.2. The molecule has 0 spiro atoms. The van der Waals surface area contributed by atoms with Crippen LogP contribution in [0.2, 0.25) is 0 Å². The smallest absolute Gasteiger partial charge is 0.170 e. The van der Waals surface area contributed by atoms with Crippen LogP contribution in [0.15, 0.2) is 122 Å². The Labute approximate surface area is 207 Å². The number of rotatable bonds is 4. The fourth-order valence-electron chi connectivity index (χ4n) is 4.81. The molecule has 3 aromatic carbocycles. The molecule has 4 heterocycles. The number of benzene rings is 3. The second kappa shape index (κ2) is 8.29. The molecule has 0 fully saturated rings. The Kier molecular flexibility index (Phi) is 4.67. The molecule has 6 heteroatoms. The van der Waals surface area contributed by atoms with Crippen molar-refractivity contribution in [3.63, 3.8) is 0 Å². The van der Waals surface area contributed by atoms with E-state index in [9.17, 15) is 0 Å². The normalized spacial score (nSPS) is 11.3. The third-order valence-electron chi connectivity index (χ3n) is 6.43. The highest BCUT2D eigenvalue weighted by Gasteiger charge is 2.18. The molecule has 0 atom stereocenters. The molecule has 0 N–H and O–H groups in total. The Bertz CT molecular complexity index is 1710. The summed E-state index contributed by atoms with van der Waals surface area (Å²) in [5.74, 6) is 2.20. The molecule has 7 rings (SSSR count). The Morgan fingerprint density at radius 1 is 0.500 bits per heavy atom. The van der Waals surface area contributed by atoms with Crippen molar-refractivity contribution in [1.82, 2.24) is 29.3 Å². The Hall–Kier alpha value is -5.10. The summed E-state index contributed by atoms with van der Waals surface area (Å²) in [5.41, 5.74) is 5.20. The van der Waals surface area contributed by atoms with E-state index in [2.05, 4.69) is 74.3 Å². The molecule has 0 radical (unpaired) electrons. The highest BCUT2D eigenvalue weighted by molar-refractivity contribution is 6.09. The fourth-order valence-corrected chi connectivity index (χ4v) is 4.81. The number of hydrogen-bond acceptors (Lipinski definition) is 4. The molecule has 0 bridgehead atoms. The van der Waals surface area contributed by atoms with Gasteiger partial charge in [-0.3, -0.25) is 9.55 Å². The molecule has 36 heavy (non-hydrogen) atoms. The van der Waals surface area contributed by atoms with Gasteiger partial charge >= 0.3 is 0 Å². The lowest BCUT2D eigenvalue weighted by molar-refractivity contribution is 0.995. The molecule has 7 aromatic rings. The van der Waals surface area contributed by atoms with Crippen LogP contribution >= 0.6 is 0 Å². The molecule has 0 aliphatic rings. The monoisotopic (exact) mass is 464 g/mol. The molecule has 4 aromatic heterocycles. The lowest BCUT2D eigenvalue weighted by Crippen LogP contribution is -2.04. The third kappa shape index (κ3) is 3.20. The minimum atomic E-state index is 0.716. The summed E-state index contributed by atoms with van der Waals surface area (Å²) in [6.07, 6.45) is 5.43. The highest BCUT2D eigenvalue weighted by Crippen LogP contribution is 2.32. The summed E-state index contributed by atoms with van der Waals surface area (Å²) in [6.45, 7) is 0. The maximum Gasteiger partial charge on any atom is 0.170 e. The predicted octanol–water partition coefficient (Wildman–Crippen LogP) is 6.49. The zero-order chi connectivity index (χ0) is 23.9. The van der Waals surface area contributed by atoms with Crippen LogP contribution in [0.4, 0.5) is 0 Å². The van der Waals surface area contributed by atoms with Gasteiger partial charge in [0.25, 0.3) is 0 Å². The Morgan fingerprint density at radius 3 is 1.69 bits per heavy atom. The van der Waals surface area contributed by atoms with E-state index in [0.717, 1.165) is 39.5 Å². The van der Waals surface area contributed by atoms with Gasteiger partial charge in [0.2, 0.25) is 0 Å². The van der Waals surface area contributed by atoms with E-state index in [1.54, 1.807) is 12.4 Å². The molecule has 170 valence electrons. The number of hydrogen-bond donors (Lipinski definition) is 0. The van der Waals surface area contributed by atoms with Gasteiger partial charge in [0.15, 0.2) is 11.6 Å². The van der Waals surface area contributed by atoms with Gasteiger partial charge in [-0.25, -0.2) is 4.98 Å². The highest BCUT2D eigenvalue weighted by atomic mass is 15.3. The minimum Gasteiger partial charge on any atom is -0.308 e. The lowest BCUT2D eigenvalue weighted by atomic mass is 10.2. The SMILES string of the molecule is c1ccc(-c2nnc(-c3ccncc3)n2-c2ccc(-n3c4ccccc4c4ccccc43)cn2)cc1. The number of aromatic nitrogens is 6. The van der Waals surface area contributed by atoms with Gasteiger partial charge < -0.3 is 4.57 Å². The first-order chi connectivity index (χ1) is 17.9. The van der Waals surface area contributed by atoms with Gasteiger partial charge in [0.05, 0.1) is 22.9 Å². The van der Waals surface area contributed by atoms with E-state index < -0.39 is 0 Å².